The molecule has 0 aliphatic carbocycles. The lowest BCUT2D eigenvalue weighted by atomic mass is 9.92. The van der Waals surface area contributed by atoms with E-state index in [4.69, 9.17) is 0 Å². The van der Waals surface area contributed by atoms with Gasteiger partial charge in [-0.2, -0.15) is 0 Å². The summed E-state index contributed by atoms with van der Waals surface area (Å²) in [5.74, 6) is 0. The molecule has 1 aromatic rings. The maximum atomic E-state index is 3.50. The van der Waals surface area contributed by atoms with Crippen LogP contribution < -0.4 is 0 Å². The van der Waals surface area contributed by atoms with Crippen molar-refractivity contribution in [2.45, 2.75) is 25.3 Å². The van der Waals surface area contributed by atoms with Crippen LogP contribution in [0.1, 0.15) is 25.3 Å². The predicted octanol–water partition coefficient (Wildman–Crippen LogP) is 4.20. The summed E-state index contributed by atoms with van der Waals surface area (Å²) in [5, 5.41) is 0. The Morgan fingerprint density at radius 3 is 2.31 bits per heavy atom. The zero-order chi connectivity index (χ0) is 11.6. The topological polar surface area (TPSA) is 3.24 Å². The average Bonchev–Trinajstić information content (AvgIpc) is 2.83. The molecule has 0 bridgehead atoms. The van der Waals surface area contributed by atoms with E-state index in [-0.39, 0.29) is 5.54 Å². The third-order valence-corrected chi connectivity index (χ3v) is 5.54. The molecule has 1 saturated heterocycles. The molecule has 0 aromatic heterocycles. The molecule has 0 N–H and O–H groups in total. The van der Waals surface area contributed by atoms with Gasteiger partial charge in [0.25, 0.3) is 0 Å². The van der Waals surface area contributed by atoms with Gasteiger partial charge in [-0.3, -0.25) is 4.90 Å². The number of benzene rings is 1. The first-order valence-electron chi connectivity index (χ1n) is 5.74. The lowest BCUT2D eigenvalue weighted by Gasteiger charge is -2.38. The van der Waals surface area contributed by atoms with E-state index in [1.807, 2.05) is 0 Å². The second-order valence-corrected chi connectivity index (χ2v) is 6.29. The summed E-state index contributed by atoms with van der Waals surface area (Å²) in [7, 11) is 0. The summed E-state index contributed by atoms with van der Waals surface area (Å²) in [6.07, 6.45) is 2.70. The number of halogens is 2. The largest absolute Gasteiger partial charge is 0.293 e. The molecule has 1 fully saturated rings. The fourth-order valence-corrected chi connectivity index (χ4v) is 3.55. The van der Waals surface area contributed by atoms with Gasteiger partial charge in [0.2, 0.25) is 0 Å². The van der Waals surface area contributed by atoms with Crippen molar-refractivity contribution in [2.75, 3.05) is 17.5 Å². The summed E-state index contributed by atoms with van der Waals surface area (Å²) in [6, 6.07) is 8.80. The minimum Gasteiger partial charge on any atom is -0.293 e. The Morgan fingerprint density at radius 1 is 1.25 bits per heavy atom. The van der Waals surface area contributed by atoms with Crippen molar-refractivity contribution in [3.8, 4) is 0 Å². The molecule has 3 heteroatoms. The maximum Gasteiger partial charge on any atom is 0.0521 e. The Kier molecular flexibility index (Phi) is 4.30. The molecule has 1 aliphatic rings. The van der Waals surface area contributed by atoms with E-state index < -0.39 is 0 Å². The fraction of sp³-hybridized carbons (Fsp3) is 0.538. The lowest BCUT2D eigenvalue weighted by Crippen LogP contribution is -2.43. The van der Waals surface area contributed by atoms with Crippen LogP contribution in [-0.2, 0) is 5.54 Å². The summed E-state index contributed by atoms with van der Waals surface area (Å²) in [5.41, 5.74) is 1.64. The first kappa shape index (κ1) is 12.8. The quantitative estimate of drug-likeness (QED) is 0.549. The standard InChI is InChI=1S/C13H17BrIN/c1-13(10-15,16-8-2-3-9-16)11-4-6-12(14)7-5-11/h4-7H,2-3,8-10H2,1H3. The van der Waals surface area contributed by atoms with Gasteiger partial charge in [-0.15, -0.1) is 0 Å². The number of likely N-dealkylation sites (tertiary alicyclic amines) is 1. The second-order valence-electron chi connectivity index (χ2n) is 4.61. The molecule has 1 heterocycles. The highest BCUT2D eigenvalue weighted by molar-refractivity contribution is 14.1. The monoisotopic (exact) mass is 393 g/mol. The number of hydrogen-bond donors (Lipinski definition) is 0. The zero-order valence-corrected chi connectivity index (χ0v) is 13.3. The highest BCUT2D eigenvalue weighted by Crippen LogP contribution is 2.33. The molecule has 0 saturated carbocycles. The van der Waals surface area contributed by atoms with Crippen LogP contribution in [0, 0.1) is 0 Å². The predicted molar refractivity (Wildman–Crippen MR) is 81.2 cm³/mol. The third-order valence-electron chi connectivity index (χ3n) is 3.53. The lowest BCUT2D eigenvalue weighted by molar-refractivity contribution is 0.163. The van der Waals surface area contributed by atoms with Crippen molar-refractivity contribution in [1.29, 1.82) is 0 Å². The van der Waals surface area contributed by atoms with Crippen LogP contribution in [0.3, 0.4) is 0 Å². The van der Waals surface area contributed by atoms with Crippen molar-refractivity contribution in [2.24, 2.45) is 0 Å². The van der Waals surface area contributed by atoms with Gasteiger partial charge in [0.1, 0.15) is 0 Å². The van der Waals surface area contributed by atoms with Crippen LogP contribution in [0.2, 0.25) is 0 Å². The van der Waals surface area contributed by atoms with Crippen LogP contribution in [-0.4, -0.2) is 22.4 Å². The fourth-order valence-electron chi connectivity index (χ4n) is 2.36. The van der Waals surface area contributed by atoms with Gasteiger partial charge in [0.05, 0.1) is 5.54 Å². The molecule has 2 rings (SSSR count). The number of hydrogen-bond acceptors (Lipinski definition) is 1. The highest BCUT2D eigenvalue weighted by atomic mass is 127. The van der Waals surface area contributed by atoms with Crippen LogP contribution in [0.25, 0.3) is 0 Å². The Morgan fingerprint density at radius 2 is 1.81 bits per heavy atom. The Labute approximate surface area is 120 Å². The van der Waals surface area contributed by atoms with Crippen molar-refractivity contribution in [3.63, 3.8) is 0 Å². The van der Waals surface area contributed by atoms with Gasteiger partial charge in [0.15, 0.2) is 0 Å². The van der Waals surface area contributed by atoms with E-state index in [2.05, 4.69) is 74.6 Å². The molecule has 1 unspecified atom stereocenters. The van der Waals surface area contributed by atoms with E-state index in [1.165, 1.54) is 31.5 Å². The molecule has 1 nitrogen and oxygen atoms in total. The number of rotatable bonds is 3. The molecule has 1 aromatic carbocycles. The summed E-state index contributed by atoms with van der Waals surface area (Å²) < 4.78 is 2.31. The molecule has 88 valence electrons. The van der Waals surface area contributed by atoms with Crippen LogP contribution in [0.5, 0.6) is 0 Å². The van der Waals surface area contributed by atoms with Gasteiger partial charge >= 0.3 is 0 Å². The first-order chi connectivity index (χ1) is 7.66. The van der Waals surface area contributed by atoms with Crippen molar-refractivity contribution >= 4 is 38.5 Å². The van der Waals surface area contributed by atoms with E-state index >= 15 is 0 Å². The van der Waals surface area contributed by atoms with E-state index in [1.54, 1.807) is 0 Å². The van der Waals surface area contributed by atoms with E-state index in [0.717, 1.165) is 8.90 Å². The Hall–Kier alpha value is 0.390. The summed E-state index contributed by atoms with van der Waals surface area (Å²) >= 11 is 6.02. The molecular formula is C13H17BrIN. The summed E-state index contributed by atoms with van der Waals surface area (Å²) in [6.45, 7) is 4.86. The molecule has 1 aliphatic heterocycles. The minimum atomic E-state index is 0.206. The van der Waals surface area contributed by atoms with Crippen LogP contribution in [0.15, 0.2) is 28.7 Å². The summed E-state index contributed by atoms with van der Waals surface area (Å²) in [4.78, 5) is 2.63. The molecule has 0 amide bonds. The third kappa shape index (κ3) is 2.46. The van der Waals surface area contributed by atoms with Crippen molar-refractivity contribution in [1.82, 2.24) is 4.90 Å². The molecule has 0 spiro atoms. The van der Waals surface area contributed by atoms with Gasteiger partial charge in [0, 0.05) is 8.90 Å². The molecular weight excluding hydrogens is 377 g/mol. The molecule has 0 radical (unpaired) electrons. The smallest absolute Gasteiger partial charge is 0.0521 e. The maximum absolute atomic E-state index is 3.50. The average molecular weight is 394 g/mol. The van der Waals surface area contributed by atoms with Gasteiger partial charge < -0.3 is 0 Å². The van der Waals surface area contributed by atoms with Crippen LogP contribution in [0.4, 0.5) is 0 Å². The van der Waals surface area contributed by atoms with E-state index in [0.29, 0.717) is 0 Å². The van der Waals surface area contributed by atoms with Crippen LogP contribution >= 0.6 is 38.5 Å². The van der Waals surface area contributed by atoms with Gasteiger partial charge in [-0.1, -0.05) is 50.7 Å². The van der Waals surface area contributed by atoms with Crippen molar-refractivity contribution in [3.05, 3.63) is 34.3 Å². The normalized spacial score (nSPS) is 20.9. The minimum absolute atomic E-state index is 0.206. The number of alkyl halides is 1. The molecule has 1 atom stereocenters. The highest BCUT2D eigenvalue weighted by Gasteiger charge is 2.34. The zero-order valence-electron chi connectivity index (χ0n) is 9.55. The number of nitrogens with zero attached hydrogens (tertiary/aromatic N) is 1. The first-order valence-corrected chi connectivity index (χ1v) is 8.06. The second kappa shape index (κ2) is 5.36. The van der Waals surface area contributed by atoms with Crippen molar-refractivity contribution < 1.29 is 0 Å². The van der Waals surface area contributed by atoms with Gasteiger partial charge in [-0.05, 0) is 50.6 Å². The van der Waals surface area contributed by atoms with Gasteiger partial charge in [-0.25, -0.2) is 0 Å². The van der Waals surface area contributed by atoms with E-state index in [9.17, 15) is 0 Å². The Bertz CT molecular complexity index is 345. The molecule has 16 heavy (non-hydrogen) atoms. The SMILES string of the molecule is CC(CI)(c1ccc(Br)cc1)N1CCCC1. The Balaban J connectivity index is 2.29.